The lowest BCUT2D eigenvalue weighted by Gasteiger charge is -2.22. The fourth-order valence-electron chi connectivity index (χ4n) is 2.25. The molecule has 0 saturated carbocycles. The molecule has 1 unspecified atom stereocenters. The van der Waals surface area contributed by atoms with Gasteiger partial charge in [-0.2, -0.15) is 0 Å². The van der Waals surface area contributed by atoms with Crippen LogP contribution in [0, 0.1) is 11.3 Å². The summed E-state index contributed by atoms with van der Waals surface area (Å²) in [4.78, 5) is 11.4. The lowest BCUT2D eigenvalue weighted by Crippen LogP contribution is -2.17. The topological polar surface area (TPSA) is 83.5 Å². The van der Waals surface area contributed by atoms with Crippen LogP contribution < -0.4 is 4.74 Å². The van der Waals surface area contributed by atoms with Gasteiger partial charge in [0.2, 0.25) is 0 Å². The number of ether oxygens (including phenoxy) is 1. The monoisotopic (exact) mass is 313 g/mol. The van der Waals surface area contributed by atoms with E-state index in [9.17, 15) is 17.8 Å². The van der Waals surface area contributed by atoms with E-state index < -0.39 is 10.1 Å². The summed E-state index contributed by atoms with van der Waals surface area (Å²) < 4.78 is 37.5. The van der Waals surface area contributed by atoms with Crippen LogP contribution in [0.1, 0.15) is 40.5 Å². The Kier molecular flexibility index (Phi) is 5.53. The van der Waals surface area contributed by atoms with Gasteiger partial charge in [0.05, 0.1) is 4.90 Å². The highest BCUT2D eigenvalue weighted by Gasteiger charge is 2.18. The molecule has 0 aliphatic carbocycles. The summed E-state index contributed by atoms with van der Waals surface area (Å²) in [7, 11) is -4.48. The summed E-state index contributed by atoms with van der Waals surface area (Å²) in [5, 5.41) is 0. The quantitative estimate of drug-likeness (QED) is 0.474. The van der Waals surface area contributed by atoms with Gasteiger partial charge in [-0.05, 0) is 42.0 Å². The Balaban J connectivity index is 2.59. The molecule has 0 bridgehead atoms. The minimum atomic E-state index is -4.48. The fourth-order valence-corrected chi connectivity index (χ4v) is 2.72. The molecule has 0 aliphatic heterocycles. The Morgan fingerprint density at radius 1 is 1.24 bits per heavy atom. The van der Waals surface area contributed by atoms with E-state index in [1.54, 1.807) is 0 Å². The van der Waals surface area contributed by atoms with Crippen molar-refractivity contribution in [1.82, 2.24) is 0 Å². The summed E-state index contributed by atoms with van der Waals surface area (Å²) >= 11 is 0. The van der Waals surface area contributed by atoms with Gasteiger partial charge in [-0.1, -0.05) is 27.7 Å². The predicted molar refractivity (Wildman–Crippen MR) is 77.9 cm³/mol. The SMILES string of the molecule is CC(CC(=O)Oc1ccc(S(=O)(=O)[O-])cc1)CC(C)(C)C. The third-order valence-corrected chi connectivity index (χ3v) is 3.67. The molecule has 0 aromatic heterocycles. The second-order valence-electron chi connectivity index (χ2n) is 6.47. The van der Waals surface area contributed by atoms with Crippen LogP contribution in [0.2, 0.25) is 0 Å². The van der Waals surface area contributed by atoms with Gasteiger partial charge in [0.1, 0.15) is 15.9 Å². The van der Waals surface area contributed by atoms with E-state index in [0.29, 0.717) is 6.42 Å². The number of carbonyl (C=O) groups is 1. The number of esters is 1. The van der Waals surface area contributed by atoms with Crippen LogP contribution in [-0.4, -0.2) is 18.9 Å². The third-order valence-electron chi connectivity index (χ3n) is 2.82. The number of hydrogen-bond acceptors (Lipinski definition) is 5. The molecule has 5 nitrogen and oxygen atoms in total. The number of hydrogen-bond donors (Lipinski definition) is 0. The molecule has 1 atom stereocenters. The van der Waals surface area contributed by atoms with Crippen LogP contribution >= 0.6 is 0 Å². The van der Waals surface area contributed by atoms with E-state index in [4.69, 9.17) is 4.74 Å². The van der Waals surface area contributed by atoms with Gasteiger partial charge in [0.15, 0.2) is 0 Å². The molecule has 0 amide bonds. The maximum absolute atomic E-state index is 11.8. The highest BCUT2D eigenvalue weighted by Crippen LogP contribution is 2.26. The molecule has 1 aromatic carbocycles. The van der Waals surface area contributed by atoms with Gasteiger partial charge in [-0.15, -0.1) is 0 Å². The molecule has 6 heteroatoms. The molecule has 0 aliphatic rings. The largest absolute Gasteiger partial charge is 0.744 e. The van der Waals surface area contributed by atoms with Crippen molar-refractivity contribution in [2.24, 2.45) is 11.3 Å². The first kappa shape index (κ1) is 17.7. The lowest BCUT2D eigenvalue weighted by atomic mass is 9.84. The standard InChI is InChI=1S/C15H22O5S/c1-11(10-15(2,3)4)9-14(16)20-12-5-7-13(8-6-12)21(17,18)19/h5-8,11H,9-10H2,1-4H3,(H,17,18,19)/p-1. The molecule has 0 spiro atoms. The van der Waals surface area contributed by atoms with Crippen molar-refractivity contribution in [2.45, 2.75) is 45.4 Å². The molecule has 0 saturated heterocycles. The normalized spacial score (nSPS) is 13.8. The van der Waals surface area contributed by atoms with Crippen molar-refractivity contribution in [3.63, 3.8) is 0 Å². The smallest absolute Gasteiger partial charge is 0.311 e. The summed E-state index contributed by atoms with van der Waals surface area (Å²) in [6, 6.07) is 4.86. The average Bonchev–Trinajstić information content (AvgIpc) is 2.25. The van der Waals surface area contributed by atoms with Gasteiger partial charge >= 0.3 is 5.97 Å². The maximum atomic E-state index is 11.8. The Bertz CT molecular complexity index is 581. The highest BCUT2D eigenvalue weighted by atomic mass is 32.2. The van der Waals surface area contributed by atoms with Crippen LogP contribution in [0.4, 0.5) is 0 Å². The van der Waals surface area contributed by atoms with Crippen LogP contribution in [0.25, 0.3) is 0 Å². The molecule has 1 aromatic rings. The molecule has 1 rings (SSSR count). The first-order chi connectivity index (χ1) is 9.47. The zero-order chi connectivity index (χ0) is 16.3. The van der Waals surface area contributed by atoms with Gasteiger partial charge in [-0.3, -0.25) is 4.79 Å². The van der Waals surface area contributed by atoms with E-state index in [2.05, 4.69) is 20.8 Å². The van der Waals surface area contributed by atoms with Crippen molar-refractivity contribution in [3.8, 4) is 5.75 Å². The Labute approximate surface area is 126 Å². The van der Waals surface area contributed by atoms with E-state index in [1.807, 2.05) is 6.92 Å². The number of benzene rings is 1. The highest BCUT2D eigenvalue weighted by molar-refractivity contribution is 7.85. The van der Waals surface area contributed by atoms with Gasteiger partial charge < -0.3 is 9.29 Å². The fraction of sp³-hybridized carbons (Fsp3) is 0.533. The van der Waals surface area contributed by atoms with Gasteiger partial charge in [-0.25, -0.2) is 8.42 Å². The van der Waals surface area contributed by atoms with Crippen LogP contribution in [0.15, 0.2) is 29.2 Å². The zero-order valence-electron chi connectivity index (χ0n) is 12.8. The summed E-state index contributed by atoms with van der Waals surface area (Å²) in [5.74, 6) is 0.0543. The second-order valence-corrected chi connectivity index (χ2v) is 7.85. The van der Waals surface area contributed by atoms with Crippen molar-refractivity contribution in [1.29, 1.82) is 0 Å². The van der Waals surface area contributed by atoms with Crippen molar-refractivity contribution in [3.05, 3.63) is 24.3 Å². The first-order valence-corrected chi connectivity index (χ1v) is 8.15. The van der Waals surface area contributed by atoms with E-state index in [-0.39, 0.29) is 27.9 Å². The molecule has 118 valence electrons. The molecular formula is C15H21O5S-. The molecular weight excluding hydrogens is 292 g/mol. The minimum absolute atomic E-state index is 0.143. The minimum Gasteiger partial charge on any atom is -0.744 e. The summed E-state index contributed by atoms with van der Waals surface area (Å²) in [5.41, 5.74) is 0.143. The molecule has 0 N–H and O–H groups in total. The zero-order valence-corrected chi connectivity index (χ0v) is 13.6. The Hall–Kier alpha value is -1.40. The van der Waals surface area contributed by atoms with Crippen LogP contribution in [0.3, 0.4) is 0 Å². The Morgan fingerprint density at radius 2 is 1.76 bits per heavy atom. The van der Waals surface area contributed by atoms with Crippen molar-refractivity contribution >= 4 is 16.1 Å². The van der Waals surface area contributed by atoms with E-state index >= 15 is 0 Å². The van der Waals surface area contributed by atoms with Gasteiger partial charge in [0, 0.05) is 6.42 Å². The molecule has 0 heterocycles. The average molecular weight is 313 g/mol. The van der Waals surface area contributed by atoms with E-state index in [0.717, 1.165) is 18.6 Å². The first-order valence-electron chi connectivity index (χ1n) is 6.74. The maximum Gasteiger partial charge on any atom is 0.311 e. The van der Waals surface area contributed by atoms with Crippen molar-refractivity contribution in [2.75, 3.05) is 0 Å². The lowest BCUT2D eigenvalue weighted by molar-refractivity contribution is -0.135. The predicted octanol–water partition coefficient (Wildman–Crippen LogP) is 2.96. The molecule has 0 radical (unpaired) electrons. The number of rotatable bonds is 5. The summed E-state index contributed by atoms with van der Waals surface area (Å²) in [6.07, 6.45) is 1.19. The van der Waals surface area contributed by atoms with Gasteiger partial charge in [0.25, 0.3) is 0 Å². The van der Waals surface area contributed by atoms with Crippen LogP contribution in [0.5, 0.6) is 5.75 Å². The van der Waals surface area contributed by atoms with E-state index in [1.165, 1.54) is 12.1 Å². The summed E-state index contributed by atoms with van der Waals surface area (Å²) in [6.45, 7) is 8.31. The molecule has 21 heavy (non-hydrogen) atoms. The van der Waals surface area contributed by atoms with Crippen LogP contribution in [-0.2, 0) is 14.9 Å². The number of carbonyl (C=O) groups excluding carboxylic acids is 1. The van der Waals surface area contributed by atoms with Crippen molar-refractivity contribution < 1.29 is 22.5 Å². The Morgan fingerprint density at radius 3 is 2.19 bits per heavy atom. The third kappa shape index (κ3) is 6.73. The molecule has 0 fully saturated rings. The second kappa shape index (κ2) is 6.58.